The second-order valence-corrected chi connectivity index (χ2v) is 9.96. The summed E-state index contributed by atoms with van der Waals surface area (Å²) in [4.78, 5) is 4.59. The lowest BCUT2D eigenvalue weighted by Gasteiger charge is -2.39. The fraction of sp³-hybridized carbons (Fsp3) is 0.567. The maximum atomic E-state index is 10.4. The summed E-state index contributed by atoms with van der Waals surface area (Å²) >= 11 is 0. The van der Waals surface area contributed by atoms with Gasteiger partial charge in [0.2, 0.25) is 12.0 Å². The van der Waals surface area contributed by atoms with Crippen LogP contribution >= 0.6 is 0 Å². The average Bonchev–Trinajstić information content (AvgIpc) is 2.93. The van der Waals surface area contributed by atoms with E-state index in [1.54, 1.807) is 6.92 Å². The van der Waals surface area contributed by atoms with E-state index in [4.69, 9.17) is 18.9 Å². The molecular formula is C30H45NO8. The second kappa shape index (κ2) is 15.2. The van der Waals surface area contributed by atoms with E-state index < -0.39 is 36.8 Å². The summed E-state index contributed by atoms with van der Waals surface area (Å²) in [6.45, 7) is 11.3. The molecule has 7 atom stereocenters. The van der Waals surface area contributed by atoms with Crippen molar-refractivity contribution in [1.29, 1.82) is 0 Å². The van der Waals surface area contributed by atoms with Gasteiger partial charge in [0.15, 0.2) is 5.75 Å². The minimum atomic E-state index is -1.47. The van der Waals surface area contributed by atoms with Crippen LogP contribution < -0.4 is 14.2 Å². The molecule has 9 heteroatoms. The molecule has 2 heterocycles. The van der Waals surface area contributed by atoms with E-state index in [1.165, 1.54) is 14.2 Å². The Morgan fingerprint density at radius 3 is 2.36 bits per heavy atom. The smallest absolute Gasteiger partial charge is 0.261 e. The van der Waals surface area contributed by atoms with Gasteiger partial charge in [0, 0.05) is 17.9 Å². The fourth-order valence-electron chi connectivity index (χ4n) is 4.16. The number of aliphatic hydroxyl groups excluding tert-OH is 4. The first-order valence-corrected chi connectivity index (χ1v) is 13.2. The van der Waals surface area contributed by atoms with Crippen LogP contribution in [0.25, 0.3) is 0 Å². The molecule has 4 N–H and O–H groups in total. The zero-order chi connectivity index (χ0) is 29.3. The first-order valence-electron chi connectivity index (χ1n) is 13.2. The van der Waals surface area contributed by atoms with Crippen LogP contribution in [0.3, 0.4) is 0 Å². The van der Waals surface area contributed by atoms with Crippen LogP contribution in [-0.4, -0.2) is 76.4 Å². The van der Waals surface area contributed by atoms with Crippen molar-refractivity contribution in [3.8, 4) is 17.4 Å². The molecule has 0 spiro atoms. The van der Waals surface area contributed by atoms with Crippen LogP contribution in [0.4, 0.5) is 0 Å². The highest BCUT2D eigenvalue weighted by Crippen LogP contribution is 2.41. The summed E-state index contributed by atoms with van der Waals surface area (Å²) < 4.78 is 22.6. The van der Waals surface area contributed by atoms with Crippen molar-refractivity contribution in [2.24, 2.45) is 5.92 Å². The molecule has 1 aliphatic heterocycles. The molecule has 1 aromatic rings. The Labute approximate surface area is 232 Å². The second-order valence-electron chi connectivity index (χ2n) is 9.96. The Balaban J connectivity index is 2.17. The van der Waals surface area contributed by atoms with Crippen LogP contribution in [0.15, 0.2) is 47.6 Å². The molecule has 0 aromatic carbocycles. The number of hydrogen-bond acceptors (Lipinski definition) is 9. The van der Waals surface area contributed by atoms with Crippen molar-refractivity contribution in [3.63, 3.8) is 0 Å². The Morgan fingerprint density at radius 2 is 1.74 bits per heavy atom. The summed E-state index contributed by atoms with van der Waals surface area (Å²) in [6, 6.07) is 0. The topological polar surface area (TPSA) is 131 Å². The molecule has 39 heavy (non-hydrogen) atoms. The maximum Gasteiger partial charge on any atom is 0.261 e. The summed E-state index contributed by atoms with van der Waals surface area (Å²) in [5, 5.41) is 40.9. The van der Waals surface area contributed by atoms with Gasteiger partial charge in [-0.1, -0.05) is 49.0 Å². The Kier molecular flexibility index (Phi) is 12.7. The van der Waals surface area contributed by atoms with Crippen LogP contribution in [-0.2, 0) is 11.2 Å². The zero-order valence-corrected chi connectivity index (χ0v) is 24.3. The lowest BCUT2D eigenvalue weighted by Crippen LogP contribution is -2.58. The summed E-state index contributed by atoms with van der Waals surface area (Å²) in [5.41, 5.74) is 3.44. The van der Waals surface area contributed by atoms with Crippen molar-refractivity contribution in [1.82, 2.24) is 4.98 Å². The largest absolute Gasteiger partial charge is 0.489 e. The van der Waals surface area contributed by atoms with Crippen LogP contribution in [0.2, 0.25) is 0 Å². The van der Waals surface area contributed by atoms with Crippen LogP contribution in [0, 0.1) is 12.8 Å². The van der Waals surface area contributed by atoms with E-state index in [9.17, 15) is 20.4 Å². The number of nitrogens with zero attached hydrogens (tertiary/aromatic N) is 1. The number of aromatic nitrogens is 1. The van der Waals surface area contributed by atoms with Gasteiger partial charge in [0.1, 0.15) is 18.3 Å². The Morgan fingerprint density at radius 1 is 1.05 bits per heavy atom. The van der Waals surface area contributed by atoms with E-state index in [0.29, 0.717) is 17.7 Å². The Hall–Kier alpha value is -2.69. The Bertz CT molecular complexity index is 1060. The van der Waals surface area contributed by atoms with Crippen molar-refractivity contribution < 1.29 is 39.4 Å². The number of hydrogen-bond donors (Lipinski definition) is 4. The lowest BCUT2D eigenvalue weighted by molar-refractivity contribution is -0.268. The molecule has 0 bridgehead atoms. The molecule has 1 aliphatic rings. The first kappa shape index (κ1) is 32.5. The predicted molar refractivity (Wildman–Crippen MR) is 150 cm³/mol. The molecule has 218 valence electrons. The number of methoxy groups -OCH3 is 2. The molecule has 0 aliphatic carbocycles. The van der Waals surface area contributed by atoms with Gasteiger partial charge in [0.25, 0.3) is 5.88 Å². The third-order valence-electron chi connectivity index (χ3n) is 7.02. The monoisotopic (exact) mass is 547 g/mol. The minimum absolute atomic E-state index is 0.0228. The standard InChI is InChI=1S/C30H45NO8/c1-9-18(3)23(32)19(4)14-12-10-11-13-17(2)15-16-22-20(5)27(28(36-7)29(31-22)37-8)39-30-26(35)25(34)24(33)21(6)38-30/h9-12,14-15,19,21,23-26,30,32-35H,13,16H2,1-8H3/b11-10+,14-12+,17-15+,18-9+/t19-,21+,23+,24+,25-,26-,30?/m1/s1. The molecule has 1 unspecified atom stereocenters. The number of ether oxygens (including phenoxy) is 4. The van der Waals surface area contributed by atoms with E-state index >= 15 is 0 Å². The first-order chi connectivity index (χ1) is 18.5. The third kappa shape index (κ3) is 8.40. The van der Waals surface area contributed by atoms with Gasteiger partial charge in [-0.15, -0.1) is 0 Å². The highest BCUT2D eigenvalue weighted by Gasteiger charge is 2.43. The van der Waals surface area contributed by atoms with E-state index in [2.05, 4.69) is 17.1 Å². The molecule has 9 nitrogen and oxygen atoms in total. The SMILES string of the molecule is C/C=C(\C)[C@H](O)[C@H](C)/C=C/C=C/C/C(C)=C/Cc1nc(OC)c(OC)c(OC2O[C@@H](C)[C@H](O)[C@@H](O)[C@H]2O)c1C. The zero-order valence-electron chi connectivity index (χ0n) is 24.3. The van der Waals surface area contributed by atoms with Crippen molar-refractivity contribution >= 4 is 0 Å². The maximum absolute atomic E-state index is 10.4. The third-order valence-corrected chi connectivity index (χ3v) is 7.02. The summed E-state index contributed by atoms with van der Waals surface area (Å²) in [7, 11) is 2.93. The van der Waals surface area contributed by atoms with Gasteiger partial charge in [-0.25, -0.2) is 4.98 Å². The quantitative estimate of drug-likeness (QED) is 0.229. The van der Waals surface area contributed by atoms with Gasteiger partial charge in [-0.2, -0.15) is 0 Å². The molecule has 1 aromatic heterocycles. The number of aliphatic hydroxyl groups is 4. The van der Waals surface area contributed by atoms with Gasteiger partial charge in [-0.05, 0) is 46.6 Å². The van der Waals surface area contributed by atoms with Crippen molar-refractivity contribution in [2.45, 2.75) is 91.2 Å². The number of pyridine rings is 1. The van der Waals surface area contributed by atoms with E-state index in [0.717, 1.165) is 17.6 Å². The normalized spacial score (nSPS) is 26.2. The van der Waals surface area contributed by atoms with Crippen molar-refractivity contribution in [3.05, 3.63) is 58.9 Å². The molecule has 0 radical (unpaired) electrons. The summed E-state index contributed by atoms with van der Waals surface area (Å²) in [5.74, 6) is 0.754. The molecule has 1 saturated heterocycles. The summed E-state index contributed by atoms with van der Waals surface area (Å²) in [6.07, 6.45) is 6.59. The van der Waals surface area contributed by atoms with Gasteiger partial charge < -0.3 is 39.4 Å². The highest BCUT2D eigenvalue weighted by molar-refractivity contribution is 5.54. The predicted octanol–water partition coefficient (Wildman–Crippen LogP) is 3.57. The molecule has 2 rings (SSSR count). The van der Waals surface area contributed by atoms with Gasteiger partial charge in [-0.3, -0.25) is 0 Å². The highest BCUT2D eigenvalue weighted by atomic mass is 16.7. The molecule has 0 amide bonds. The van der Waals surface area contributed by atoms with Crippen LogP contribution in [0.5, 0.6) is 17.4 Å². The number of rotatable bonds is 12. The number of allylic oxidation sites excluding steroid dienone is 6. The van der Waals surface area contributed by atoms with Gasteiger partial charge in [0.05, 0.1) is 32.1 Å². The molecular weight excluding hydrogens is 502 g/mol. The van der Waals surface area contributed by atoms with Gasteiger partial charge >= 0.3 is 0 Å². The van der Waals surface area contributed by atoms with Crippen LogP contribution in [0.1, 0.15) is 52.3 Å². The fourth-order valence-corrected chi connectivity index (χ4v) is 4.16. The van der Waals surface area contributed by atoms with E-state index in [-0.39, 0.29) is 23.3 Å². The average molecular weight is 548 g/mol. The molecule has 0 saturated carbocycles. The molecule has 1 fully saturated rings. The lowest BCUT2D eigenvalue weighted by atomic mass is 9.98. The minimum Gasteiger partial charge on any atom is -0.489 e. The van der Waals surface area contributed by atoms with Crippen molar-refractivity contribution in [2.75, 3.05) is 14.2 Å². The van der Waals surface area contributed by atoms with E-state index in [1.807, 2.05) is 58.9 Å².